The number of benzene rings is 4. The molecule has 4 aromatic carbocycles. The lowest BCUT2D eigenvalue weighted by atomic mass is 10.0. The molecule has 5 aromatic rings. The van der Waals surface area contributed by atoms with Crippen molar-refractivity contribution >= 4 is 23.4 Å². The van der Waals surface area contributed by atoms with Crippen molar-refractivity contribution in [1.29, 1.82) is 0 Å². The van der Waals surface area contributed by atoms with Crippen molar-refractivity contribution in [2.45, 2.75) is 0 Å². The van der Waals surface area contributed by atoms with Crippen LogP contribution >= 0.6 is 11.6 Å². The molecule has 0 radical (unpaired) electrons. The summed E-state index contributed by atoms with van der Waals surface area (Å²) >= 11 is 6.30. The van der Waals surface area contributed by atoms with E-state index >= 15 is 0 Å². The number of aromatic nitrogens is 1. The summed E-state index contributed by atoms with van der Waals surface area (Å²) in [7, 11) is 0. The smallest absolute Gasteiger partial charge is 0.159 e. The minimum Gasteiger partial charge on any atom is -0.159 e. The van der Waals surface area contributed by atoms with E-state index in [2.05, 4.69) is 114 Å². The minimum absolute atomic E-state index is 0.726. The molecule has 0 aliphatic rings. The van der Waals surface area contributed by atoms with Crippen LogP contribution in [0.25, 0.3) is 34.2 Å². The first-order valence-corrected chi connectivity index (χ1v) is 11.4. The zero-order chi connectivity index (χ0) is 22.5. The van der Waals surface area contributed by atoms with Gasteiger partial charge in [0, 0.05) is 34.4 Å². The van der Waals surface area contributed by atoms with Crippen LogP contribution in [0.5, 0.6) is 0 Å². The minimum atomic E-state index is 0.726. The van der Waals surface area contributed by atoms with Gasteiger partial charge in [-0.25, -0.2) is 0 Å². The molecule has 5 rings (SSSR count). The van der Waals surface area contributed by atoms with Crippen LogP contribution < -0.4 is 4.57 Å². The molecule has 1 heterocycles. The highest BCUT2D eigenvalue weighted by atomic mass is 35.5. The van der Waals surface area contributed by atoms with Crippen molar-refractivity contribution in [3.63, 3.8) is 0 Å². The average Bonchev–Trinajstić information content (AvgIpc) is 2.89. The summed E-state index contributed by atoms with van der Waals surface area (Å²) in [4.78, 5) is 0. The predicted octanol–water partition coefficient (Wildman–Crippen LogP) is 8.01. The van der Waals surface area contributed by atoms with Gasteiger partial charge in [0.1, 0.15) is 0 Å². The van der Waals surface area contributed by atoms with Crippen molar-refractivity contribution in [1.82, 2.24) is 0 Å². The number of rotatable bonds is 5. The van der Waals surface area contributed by atoms with Gasteiger partial charge in [0.05, 0.1) is 0 Å². The van der Waals surface area contributed by atoms with Crippen LogP contribution in [-0.2, 0) is 0 Å². The Kier molecular flexibility index (Phi) is 6.14. The molecule has 0 aliphatic heterocycles. The van der Waals surface area contributed by atoms with Crippen molar-refractivity contribution in [2.75, 3.05) is 0 Å². The number of hydrogen-bond donors (Lipinski definition) is 0. The first-order chi connectivity index (χ1) is 16.3. The van der Waals surface area contributed by atoms with Crippen LogP contribution in [0, 0.1) is 0 Å². The first kappa shape index (κ1) is 20.9. The largest absolute Gasteiger partial charge is 0.219 e. The summed E-state index contributed by atoms with van der Waals surface area (Å²) in [5, 5.41) is 0.726. The lowest BCUT2D eigenvalue weighted by molar-refractivity contribution is -0.566. The summed E-state index contributed by atoms with van der Waals surface area (Å²) < 4.78 is 2.26. The molecule has 1 nitrogen and oxygen atoms in total. The van der Waals surface area contributed by atoms with E-state index in [-0.39, 0.29) is 0 Å². The summed E-state index contributed by atoms with van der Waals surface area (Å²) in [5.41, 5.74) is 7.92. The lowest BCUT2D eigenvalue weighted by Gasteiger charge is -2.10. The number of pyridine rings is 1. The molecule has 1 aromatic heterocycles. The van der Waals surface area contributed by atoms with Crippen LogP contribution in [0.4, 0.5) is 0 Å². The third kappa shape index (κ3) is 4.79. The fraction of sp³-hybridized carbons (Fsp3) is 0. The molecule has 0 atom stereocenters. The number of nitrogens with zero attached hydrogens (tertiary/aromatic N) is 1. The van der Waals surface area contributed by atoms with Crippen molar-refractivity contribution in [3.05, 3.63) is 150 Å². The van der Waals surface area contributed by atoms with Crippen LogP contribution in [0.2, 0.25) is 5.02 Å². The highest BCUT2D eigenvalue weighted by molar-refractivity contribution is 6.30. The van der Waals surface area contributed by atoms with Crippen LogP contribution in [0.15, 0.2) is 134 Å². The summed E-state index contributed by atoms with van der Waals surface area (Å²) in [6, 6.07) is 43.9. The zero-order valence-electron chi connectivity index (χ0n) is 18.1. The molecule has 0 N–H and O–H groups in total. The summed E-state index contributed by atoms with van der Waals surface area (Å²) in [6.07, 6.45) is 4.35. The summed E-state index contributed by atoms with van der Waals surface area (Å²) in [6.45, 7) is 0. The number of halogens is 1. The highest BCUT2D eigenvalue weighted by Crippen LogP contribution is 2.27. The molecule has 0 bridgehead atoms. The van der Waals surface area contributed by atoms with Crippen LogP contribution in [0.1, 0.15) is 11.1 Å². The Labute approximate surface area is 199 Å². The van der Waals surface area contributed by atoms with E-state index in [1.807, 2.05) is 30.3 Å². The maximum Gasteiger partial charge on any atom is 0.219 e. The molecule has 0 fully saturated rings. The molecule has 33 heavy (non-hydrogen) atoms. The third-order valence-corrected chi connectivity index (χ3v) is 5.85. The Hall–Kier alpha value is -3.94. The SMILES string of the molecule is Clc1cccc(C=C(c2ccccc2)[n+]2ccc(-c3ccccc3)cc2-c2ccccc2)c1. The Balaban J connectivity index is 1.75. The standard InChI is InChI=1S/C31H23ClN/c32-29-18-10-11-24(21-29)22-30(26-14-6-2-7-15-26)33-20-19-28(25-12-4-1-5-13-25)23-31(33)27-16-8-3-9-17-27/h1-23H/q+1. The third-order valence-electron chi connectivity index (χ3n) is 5.61. The fourth-order valence-electron chi connectivity index (χ4n) is 4.01. The lowest BCUT2D eigenvalue weighted by Crippen LogP contribution is -2.35. The van der Waals surface area contributed by atoms with E-state index in [0.29, 0.717) is 0 Å². The molecule has 0 amide bonds. The molecule has 0 unspecified atom stereocenters. The van der Waals surface area contributed by atoms with E-state index < -0.39 is 0 Å². The molecular formula is C31H23ClN+. The van der Waals surface area contributed by atoms with E-state index in [1.165, 1.54) is 11.1 Å². The van der Waals surface area contributed by atoms with Gasteiger partial charge < -0.3 is 0 Å². The monoisotopic (exact) mass is 444 g/mol. The Morgan fingerprint density at radius 3 is 1.88 bits per heavy atom. The quantitative estimate of drug-likeness (QED) is 0.191. The molecule has 0 saturated heterocycles. The van der Waals surface area contributed by atoms with Gasteiger partial charge in [-0.3, -0.25) is 0 Å². The van der Waals surface area contributed by atoms with Crippen molar-refractivity contribution < 1.29 is 4.57 Å². The van der Waals surface area contributed by atoms with E-state index in [9.17, 15) is 0 Å². The van der Waals surface area contributed by atoms with Gasteiger partial charge in [-0.1, -0.05) is 90.5 Å². The van der Waals surface area contributed by atoms with Crippen LogP contribution in [0.3, 0.4) is 0 Å². The predicted molar refractivity (Wildman–Crippen MR) is 139 cm³/mol. The van der Waals surface area contributed by atoms with E-state index in [4.69, 9.17) is 11.6 Å². The molecule has 158 valence electrons. The normalized spacial score (nSPS) is 11.4. The van der Waals surface area contributed by atoms with E-state index in [0.717, 1.165) is 33.1 Å². The van der Waals surface area contributed by atoms with Gasteiger partial charge in [0.2, 0.25) is 11.4 Å². The second-order valence-corrected chi connectivity index (χ2v) is 8.29. The molecule has 0 spiro atoms. The van der Waals surface area contributed by atoms with Gasteiger partial charge in [0.25, 0.3) is 0 Å². The van der Waals surface area contributed by atoms with Gasteiger partial charge >= 0.3 is 0 Å². The van der Waals surface area contributed by atoms with Crippen molar-refractivity contribution in [3.8, 4) is 22.4 Å². The van der Waals surface area contributed by atoms with Gasteiger partial charge in [0.15, 0.2) is 6.20 Å². The Morgan fingerprint density at radius 2 is 1.21 bits per heavy atom. The Morgan fingerprint density at radius 1 is 0.576 bits per heavy atom. The van der Waals surface area contributed by atoms with Gasteiger partial charge in [-0.2, -0.15) is 4.57 Å². The maximum absolute atomic E-state index is 6.30. The molecular weight excluding hydrogens is 422 g/mol. The first-order valence-electron chi connectivity index (χ1n) is 11.0. The highest BCUT2D eigenvalue weighted by Gasteiger charge is 2.21. The zero-order valence-corrected chi connectivity index (χ0v) is 18.9. The number of hydrogen-bond acceptors (Lipinski definition) is 0. The fourth-order valence-corrected chi connectivity index (χ4v) is 4.21. The maximum atomic E-state index is 6.30. The van der Waals surface area contributed by atoms with E-state index in [1.54, 1.807) is 0 Å². The van der Waals surface area contributed by atoms with Crippen LogP contribution in [-0.4, -0.2) is 0 Å². The molecule has 0 saturated carbocycles. The van der Waals surface area contributed by atoms with Crippen molar-refractivity contribution in [2.24, 2.45) is 0 Å². The Bertz CT molecular complexity index is 1390. The molecule has 0 aliphatic carbocycles. The topological polar surface area (TPSA) is 3.88 Å². The molecule has 2 heteroatoms. The second kappa shape index (κ2) is 9.68. The second-order valence-electron chi connectivity index (χ2n) is 7.85. The van der Waals surface area contributed by atoms with Gasteiger partial charge in [-0.15, -0.1) is 0 Å². The summed E-state index contributed by atoms with van der Waals surface area (Å²) in [5.74, 6) is 0. The van der Waals surface area contributed by atoms with Gasteiger partial charge in [-0.05, 0) is 53.1 Å². The average molecular weight is 445 g/mol.